The van der Waals surface area contributed by atoms with Gasteiger partial charge in [-0.25, -0.2) is 0 Å². The molecule has 0 saturated heterocycles. The number of pyridine rings is 1. The maximum Gasteiger partial charge on any atom is 0.269 e. The molecule has 1 N–H and O–H groups in total. The average molecular weight is 359 g/mol. The second kappa shape index (κ2) is 7.10. The van der Waals surface area contributed by atoms with Gasteiger partial charge in [0.2, 0.25) is 0 Å². The zero-order valence-electron chi connectivity index (χ0n) is 14.0. The van der Waals surface area contributed by atoms with E-state index < -0.39 is 0 Å². The van der Waals surface area contributed by atoms with Crippen LogP contribution >= 0.6 is 11.8 Å². The minimum atomic E-state index is -0.182. The zero-order chi connectivity index (χ0) is 17.9. The minimum absolute atomic E-state index is 0.0452. The standard InChI is InChI=1S/C22H17NO2S/c24-20-18-13-7-8-14-19(18)23(15-16-9-3-1-4-10-16)22(25)21(20)26-17-11-5-2-6-12-17/h1-14,24H,15H2. The van der Waals surface area contributed by atoms with Gasteiger partial charge in [0.05, 0.1) is 12.1 Å². The molecule has 0 atom stereocenters. The second-order valence-corrected chi connectivity index (χ2v) is 7.07. The van der Waals surface area contributed by atoms with E-state index in [4.69, 9.17) is 0 Å². The Kier molecular flexibility index (Phi) is 4.50. The van der Waals surface area contributed by atoms with E-state index in [-0.39, 0.29) is 11.3 Å². The molecule has 0 saturated carbocycles. The van der Waals surface area contributed by atoms with Gasteiger partial charge in [-0.2, -0.15) is 0 Å². The third kappa shape index (κ3) is 3.11. The molecular formula is C22H17NO2S. The maximum atomic E-state index is 13.2. The van der Waals surface area contributed by atoms with Crippen LogP contribution in [0.15, 0.2) is 99.5 Å². The summed E-state index contributed by atoms with van der Waals surface area (Å²) in [6.45, 7) is 0.461. The fraction of sp³-hybridized carbons (Fsp3) is 0.0455. The Morgan fingerprint density at radius 1 is 0.808 bits per heavy atom. The van der Waals surface area contributed by atoms with E-state index in [1.165, 1.54) is 11.8 Å². The van der Waals surface area contributed by atoms with E-state index in [0.29, 0.717) is 16.8 Å². The van der Waals surface area contributed by atoms with Gasteiger partial charge in [-0.05, 0) is 29.8 Å². The Hall–Kier alpha value is -2.98. The Bertz CT molecular complexity index is 1110. The second-order valence-electron chi connectivity index (χ2n) is 5.99. The number of rotatable bonds is 4. The van der Waals surface area contributed by atoms with Gasteiger partial charge in [-0.15, -0.1) is 0 Å². The van der Waals surface area contributed by atoms with E-state index in [0.717, 1.165) is 16.0 Å². The van der Waals surface area contributed by atoms with E-state index in [1.807, 2.05) is 84.9 Å². The number of nitrogens with zero attached hydrogens (tertiary/aromatic N) is 1. The topological polar surface area (TPSA) is 42.2 Å². The van der Waals surface area contributed by atoms with Crippen molar-refractivity contribution in [3.05, 3.63) is 101 Å². The highest BCUT2D eigenvalue weighted by atomic mass is 32.2. The summed E-state index contributed by atoms with van der Waals surface area (Å²) in [5.74, 6) is 0.0452. The first kappa shape index (κ1) is 16.5. The summed E-state index contributed by atoms with van der Waals surface area (Å²) >= 11 is 1.30. The number of aromatic hydroxyl groups is 1. The fourth-order valence-corrected chi connectivity index (χ4v) is 3.92. The van der Waals surface area contributed by atoms with Crippen molar-refractivity contribution >= 4 is 22.7 Å². The van der Waals surface area contributed by atoms with E-state index in [1.54, 1.807) is 4.57 Å². The fourth-order valence-electron chi connectivity index (χ4n) is 2.99. The molecule has 26 heavy (non-hydrogen) atoms. The Morgan fingerprint density at radius 2 is 1.42 bits per heavy atom. The first-order chi connectivity index (χ1) is 12.7. The number of hydrogen-bond donors (Lipinski definition) is 1. The molecular weight excluding hydrogens is 342 g/mol. The molecule has 3 aromatic carbocycles. The first-order valence-electron chi connectivity index (χ1n) is 8.35. The summed E-state index contributed by atoms with van der Waals surface area (Å²) in [7, 11) is 0. The number of benzene rings is 3. The molecule has 4 rings (SSSR count). The average Bonchev–Trinajstić information content (AvgIpc) is 2.70. The molecule has 4 aromatic rings. The number of hydrogen-bond acceptors (Lipinski definition) is 3. The first-order valence-corrected chi connectivity index (χ1v) is 9.17. The van der Waals surface area contributed by atoms with Crippen LogP contribution in [0.3, 0.4) is 0 Å². The number of para-hydroxylation sites is 1. The Balaban J connectivity index is 1.91. The predicted molar refractivity (Wildman–Crippen MR) is 106 cm³/mol. The zero-order valence-corrected chi connectivity index (χ0v) is 14.8. The van der Waals surface area contributed by atoms with Gasteiger partial charge in [-0.3, -0.25) is 4.79 Å². The van der Waals surface area contributed by atoms with Gasteiger partial charge in [0.25, 0.3) is 5.56 Å². The van der Waals surface area contributed by atoms with Crippen molar-refractivity contribution in [2.75, 3.05) is 0 Å². The molecule has 1 aromatic heterocycles. The molecule has 128 valence electrons. The third-order valence-corrected chi connectivity index (χ3v) is 5.33. The van der Waals surface area contributed by atoms with Gasteiger partial charge >= 0.3 is 0 Å². The lowest BCUT2D eigenvalue weighted by molar-refractivity contribution is 0.464. The quantitative estimate of drug-likeness (QED) is 0.563. The van der Waals surface area contributed by atoms with Gasteiger partial charge < -0.3 is 9.67 Å². The summed E-state index contributed by atoms with van der Waals surface area (Å²) in [4.78, 5) is 14.5. The molecule has 0 radical (unpaired) electrons. The van der Waals surface area contributed by atoms with Crippen molar-refractivity contribution in [2.24, 2.45) is 0 Å². The Morgan fingerprint density at radius 3 is 2.15 bits per heavy atom. The molecule has 1 heterocycles. The number of aromatic nitrogens is 1. The third-order valence-electron chi connectivity index (χ3n) is 4.25. The molecule has 0 spiro atoms. The highest BCUT2D eigenvalue weighted by molar-refractivity contribution is 7.99. The summed E-state index contributed by atoms with van der Waals surface area (Å²) in [5.41, 5.74) is 1.59. The van der Waals surface area contributed by atoms with Crippen LogP contribution in [-0.4, -0.2) is 9.67 Å². The maximum absolute atomic E-state index is 13.2. The van der Waals surface area contributed by atoms with Gasteiger partial charge in [-0.1, -0.05) is 72.4 Å². The van der Waals surface area contributed by atoms with Crippen LogP contribution in [0.2, 0.25) is 0 Å². The molecule has 0 fully saturated rings. The van der Waals surface area contributed by atoms with Gasteiger partial charge in [0, 0.05) is 10.3 Å². The molecule has 0 aliphatic carbocycles. The lowest BCUT2D eigenvalue weighted by Crippen LogP contribution is -2.22. The van der Waals surface area contributed by atoms with Crippen LogP contribution in [0, 0.1) is 0 Å². The molecule has 4 heteroatoms. The molecule has 0 aliphatic rings. The summed E-state index contributed by atoms with van der Waals surface area (Å²) in [6, 6.07) is 27.0. The van der Waals surface area contributed by atoms with Crippen molar-refractivity contribution in [2.45, 2.75) is 16.3 Å². The monoisotopic (exact) mass is 359 g/mol. The van der Waals surface area contributed by atoms with Crippen molar-refractivity contribution < 1.29 is 5.11 Å². The summed E-state index contributed by atoms with van der Waals surface area (Å²) in [5, 5.41) is 11.4. The van der Waals surface area contributed by atoms with E-state index >= 15 is 0 Å². The molecule has 0 aliphatic heterocycles. The van der Waals surface area contributed by atoms with Gasteiger partial charge in [0.15, 0.2) is 0 Å². The normalized spacial score (nSPS) is 10.9. The van der Waals surface area contributed by atoms with Crippen LogP contribution in [0.4, 0.5) is 0 Å². The van der Waals surface area contributed by atoms with Crippen molar-refractivity contribution in [3.63, 3.8) is 0 Å². The smallest absolute Gasteiger partial charge is 0.269 e. The van der Waals surface area contributed by atoms with Crippen molar-refractivity contribution in [1.82, 2.24) is 4.57 Å². The van der Waals surface area contributed by atoms with Crippen LogP contribution in [0.25, 0.3) is 10.9 Å². The Labute approximate surface area is 155 Å². The summed E-state index contributed by atoms with van der Waals surface area (Å²) in [6.07, 6.45) is 0. The van der Waals surface area contributed by atoms with Crippen LogP contribution in [0.1, 0.15) is 5.56 Å². The summed E-state index contributed by atoms with van der Waals surface area (Å²) < 4.78 is 1.73. The van der Waals surface area contributed by atoms with Gasteiger partial charge in [0.1, 0.15) is 10.6 Å². The van der Waals surface area contributed by atoms with Crippen molar-refractivity contribution in [3.8, 4) is 5.75 Å². The number of fused-ring (bicyclic) bond motifs is 1. The molecule has 0 unspecified atom stereocenters. The van der Waals surface area contributed by atoms with E-state index in [9.17, 15) is 9.90 Å². The van der Waals surface area contributed by atoms with E-state index in [2.05, 4.69) is 0 Å². The van der Waals surface area contributed by atoms with Crippen LogP contribution in [0.5, 0.6) is 5.75 Å². The lowest BCUT2D eigenvalue weighted by Gasteiger charge is -2.15. The molecule has 3 nitrogen and oxygen atoms in total. The van der Waals surface area contributed by atoms with Crippen LogP contribution < -0.4 is 5.56 Å². The van der Waals surface area contributed by atoms with Crippen LogP contribution in [-0.2, 0) is 6.54 Å². The van der Waals surface area contributed by atoms with Crippen molar-refractivity contribution in [1.29, 1.82) is 0 Å². The minimum Gasteiger partial charge on any atom is -0.506 e. The largest absolute Gasteiger partial charge is 0.506 e. The lowest BCUT2D eigenvalue weighted by atomic mass is 10.1. The molecule has 0 bridgehead atoms. The predicted octanol–water partition coefficient (Wildman–Crippen LogP) is 4.91. The molecule has 0 amide bonds. The highest BCUT2D eigenvalue weighted by Crippen LogP contribution is 2.36. The SMILES string of the molecule is O=c1c(Sc2ccccc2)c(O)c2ccccc2n1Cc1ccccc1. The highest BCUT2D eigenvalue weighted by Gasteiger charge is 2.17.